The van der Waals surface area contributed by atoms with Crippen LogP contribution in [0.5, 0.6) is 5.75 Å². The number of nitrogens with zero attached hydrogens (tertiary/aromatic N) is 1. The highest BCUT2D eigenvalue weighted by Gasteiger charge is 2.35. The van der Waals surface area contributed by atoms with Gasteiger partial charge in [-0.3, -0.25) is 9.59 Å². The van der Waals surface area contributed by atoms with E-state index in [1.165, 1.54) is 22.7 Å². The Kier molecular flexibility index (Phi) is 7.38. The molecule has 0 bridgehead atoms. The molecule has 1 aliphatic heterocycles. The van der Waals surface area contributed by atoms with Gasteiger partial charge in [-0.25, -0.2) is 0 Å². The summed E-state index contributed by atoms with van der Waals surface area (Å²) in [6.45, 7) is 5.55. The van der Waals surface area contributed by atoms with Gasteiger partial charge in [0.25, 0.3) is 5.91 Å². The van der Waals surface area contributed by atoms with Crippen molar-refractivity contribution < 1.29 is 27.5 Å². The minimum atomic E-state index is -4.61. The van der Waals surface area contributed by atoms with Crippen molar-refractivity contribution in [1.29, 1.82) is 0 Å². The van der Waals surface area contributed by atoms with Crippen molar-refractivity contribution in [2.75, 3.05) is 16.8 Å². The summed E-state index contributed by atoms with van der Waals surface area (Å²) in [5, 5.41) is 2.54. The van der Waals surface area contributed by atoms with E-state index in [-0.39, 0.29) is 29.8 Å². The summed E-state index contributed by atoms with van der Waals surface area (Å²) in [4.78, 5) is 26.9. The number of hydrogen-bond donors (Lipinski definition) is 1. The maximum absolute atomic E-state index is 13.6. The number of fused-ring (bicyclic) bond motifs is 1. The van der Waals surface area contributed by atoms with E-state index in [4.69, 9.17) is 4.74 Å². The number of rotatable bonds is 7. The van der Waals surface area contributed by atoms with Crippen molar-refractivity contribution in [2.45, 2.75) is 56.0 Å². The van der Waals surface area contributed by atoms with Gasteiger partial charge in [0.05, 0.1) is 16.9 Å². The van der Waals surface area contributed by atoms with E-state index in [1.807, 2.05) is 13.8 Å². The highest BCUT2D eigenvalue weighted by atomic mass is 32.2. The molecule has 2 amide bonds. The van der Waals surface area contributed by atoms with Gasteiger partial charge in [-0.15, -0.1) is 11.8 Å². The van der Waals surface area contributed by atoms with Crippen molar-refractivity contribution >= 4 is 35.0 Å². The average molecular weight is 467 g/mol. The van der Waals surface area contributed by atoms with E-state index < -0.39 is 23.8 Å². The Bertz CT molecular complexity index is 997. The first kappa shape index (κ1) is 24.0. The molecule has 2 aromatic carbocycles. The molecule has 9 heteroatoms. The van der Waals surface area contributed by atoms with Crippen LogP contribution in [0.1, 0.15) is 39.2 Å². The van der Waals surface area contributed by atoms with Crippen LogP contribution in [0.4, 0.5) is 24.5 Å². The topological polar surface area (TPSA) is 58.6 Å². The highest BCUT2D eigenvalue weighted by Crippen LogP contribution is 2.39. The molecular weight excluding hydrogens is 441 g/mol. The molecule has 2 aromatic rings. The Labute approximate surface area is 189 Å². The quantitative estimate of drug-likeness (QED) is 0.529. The lowest BCUT2D eigenvalue weighted by molar-refractivity contribution is -0.137. The number of anilines is 2. The summed E-state index contributed by atoms with van der Waals surface area (Å²) in [7, 11) is 0. The van der Waals surface area contributed by atoms with Gasteiger partial charge in [0.1, 0.15) is 5.75 Å². The molecule has 1 aliphatic rings. The van der Waals surface area contributed by atoms with Gasteiger partial charge in [-0.1, -0.05) is 26.0 Å². The van der Waals surface area contributed by atoms with Gasteiger partial charge in [0.15, 0.2) is 6.10 Å². The largest absolute Gasteiger partial charge is 0.479 e. The number of thioether (sulfide) groups is 1. The Morgan fingerprint density at radius 3 is 2.66 bits per heavy atom. The smallest absolute Gasteiger partial charge is 0.418 e. The molecule has 2 atom stereocenters. The van der Waals surface area contributed by atoms with Crippen molar-refractivity contribution in [3.63, 3.8) is 0 Å². The molecule has 5 nitrogen and oxygen atoms in total. The van der Waals surface area contributed by atoms with Crippen LogP contribution >= 0.6 is 11.8 Å². The Morgan fingerprint density at radius 1 is 1.25 bits per heavy atom. The summed E-state index contributed by atoms with van der Waals surface area (Å²) in [6.07, 6.45) is -4.65. The molecule has 0 saturated carbocycles. The van der Waals surface area contributed by atoms with Crippen LogP contribution in [0.2, 0.25) is 0 Å². The second kappa shape index (κ2) is 9.85. The summed E-state index contributed by atoms with van der Waals surface area (Å²) in [6, 6.07) is 10.9. The highest BCUT2D eigenvalue weighted by molar-refractivity contribution is 7.99. The van der Waals surface area contributed by atoms with Crippen molar-refractivity contribution in [3.05, 3.63) is 48.0 Å². The molecule has 32 heavy (non-hydrogen) atoms. The number of ether oxygens (including phenoxy) is 1. The van der Waals surface area contributed by atoms with Crippen LogP contribution in [0.25, 0.3) is 0 Å². The second-order valence-electron chi connectivity index (χ2n) is 7.56. The van der Waals surface area contributed by atoms with E-state index in [0.717, 1.165) is 12.5 Å². The summed E-state index contributed by atoms with van der Waals surface area (Å²) in [5.74, 6) is -0.394. The lowest BCUT2D eigenvalue weighted by Gasteiger charge is -2.32. The lowest BCUT2D eigenvalue weighted by atomic mass is 10.1. The standard InChI is InChI=1S/C23H25F3N2O3S/c1-4-14(2)32-16-9-10-18(17(13-16)23(24,25)26)27-21(29)11-12-28-19-7-5-6-8-20(19)31-15(3)22(28)30/h5-10,13-15H,4,11-12H2,1-3H3,(H,27,29). The number of halogens is 3. The second-order valence-corrected chi connectivity index (χ2v) is 9.07. The van der Waals surface area contributed by atoms with Crippen LogP contribution in [-0.4, -0.2) is 29.7 Å². The lowest BCUT2D eigenvalue weighted by Crippen LogP contribution is -2.45. The fourth-order valence-corrected chi connectivity index (χ4v) is 4.24. The summed E-state index contributed by atoms with van der Waals surface area (Å²) < 4.78 is 46.4. The summed E-state index contributed by atoms with van der Waals surface area (Å²) >= 11 is 1.36. The van der Waals surface area contributed by atoms with E-state index in [1.54, 1.807) is 37.3 Å². The zero-order valence-corrected chi connectivity index (χ0v) is 18.8. The van der Waals surface area contributed by atoms with Crippen LogP contribution < -0.4 is 15.0 Å². The molecule has 1 N–H and O–H groups in total. The number of nitrogens with one attached hydrogen (secondary N) is 1. The maximum Gasteiger partial charge on any atom is 0.418 e. The molecular formula is C23H25F3N2O3S. The van der Waals surface area contributed by atoms with E-state index in [9.17, 15) is 22.8 Å². The average Bonchev–Trinajstić information content (AvgIpc) is 2.74. The zero-order chi connectivity index (χ0) is 23.5. The monoisotopic (exact) mass is 466 g/mol. The third-order valence-electron chi connectivity index (χ3n) is 5.12. The first-order valence-electron chi connectivity index (χ1n) is 10.3. The first-order valence-corrected chi connectivity index (χ1v) is 11.2. The fraction of sp³-hybridized carbons (Fsp3) is 0.391. The third kappa shape index (κ3) is 5.56. The predicted molar refractivity (Wildman–Crippen MR) is 119 cm³/mol. The third-order valence-corrected chi connectivity index (χ3v) is 6.38. The Morgan fingerprint density at radius 2 is 1.97 bits per heavy atom. The van der Waals surface area contributed by atoms with Crippen LogP contribution in [0.3, 0.4) is 0 Å². The van der Waals surface area contributed by atoms with Gasteiger partial charge in [0.2, 0.25) is 5.91 Å². The normalized spacial score (nSPS) is 16.9. The number of carbonyl (C=O) groups excluding carboxylic acids is 2. The molecule has 2 unspecified atom stereocenters. The van der Waals surface area contributed by atoms with Crippen LogP contribution in [0.15, 0.2) is 47.4 Å². The molecule has 3 rings (SSSR count). The van der Waals surface area contributed by atoms with Gasteiger partial charge < -0.3 is 15.0 Å². The fourth-order valence-electron chi connectivity index (χ4n) is 3.27. The van der Waals surface area contributed by atoms with Crippen molar-refractivity contribution in [3.8, 4) is 5.75 Å². The van der Waals surface area contributed by atoms with Gasteiger partial charge >= 0.3 is 6.18 Å². The molecule has 172 valence electrons. The number of para-hydroxylation sites is 2. The predicted octanol–water partition coefficient (Wildman–Crippen LogP) is 5.74. The van der Waals surface area contributed by atoms with Gasteiger partial charge in [-0.05, 0) is 43.7 Å². The van der Waals surface area contributed by atoms with Gasteiger partial charge in [0, 0.05) is 23.1 Å². The minimum absolute atomic E-state index is 0.0265. The molecule has 0 aliphatic carbocycles. The first-order chi connectivity index (χ1) is 15.1. The minimum Gasteiger partial charge on any atom is -0.479 e. The van der Waals surface area contributed by atoms with E-state index in [2.05, 4.69) is 5.32 Å². The number of alkyl halides is 3. The van der Waals surface area contributed by atoms with E-state index >= 15 is 0 Å². The molecule has 0 spiro atoms. The zero-order valence-electron chi connectivity index (χ0n) is 18.0. The maximum atomic E-state index is 13.6. The number of hydrogen-bond acceptors (Lipinski definition) is 4. The summed E-state index contributed by atoms with van der Waals surface area (Å²) in [5.41, 5.74) is -0.649. The molecule has 0 radical (unpaired) electrons. The number of carbonyl (C=O) groups is 2. The molecule has 1 heterocycles. The van der Waals surface area contributed by atoms with Crippen molar-refractivity contribution in [2.24, 2.45) is 0 Å². The van der Waals surface area contributed by atoms with Gasteiger partial charge in [-0.2, -0.15) is 13.2 Å². The van der Waals surface area contributed by atoms with E-state index in [0.29, 0.717) is 16.3 Å². The van der Waals surface area contributed by atoms with Crippen molar-refractivity contribution in [1.82, 2.24) is 0 Å². The molecule has 0 saturated heterocycles. The number of benzene rings is 2. The SMILES string of the molecule is CCC(C)Sc1ccc(NC(=O)CCN2C(=O)C(C)Oc3ccccc32)c(C(F)(F)F)c1. The molecule has 0 fully saturated rings. The van der Waals surface area contributed by atoms with Crippen LogP contribution in [0, 0.1) is 0 Å². The molecule has 0 aromatic heterocycles. The number of amides is 2. The van der Waals surface area contributed by atoms with Crippen LogP contribution in [-0.2, 0) is 15.8 Å². The Balaban J connectivity index is 1.73. The Hall–Kier alpha value is -2.68.